The molecule has 9 heavy (non-hydrogen) atoms. The highest BCUT2D eigenvalue weighted by molar-refractivity contribution is 5.01. The van der Waals surface area contributed by atoms with Crippen molar-refractivity contribution in [2.75, 3.05) is 6.61 Å². The zero-order valence-electron chi connectivity index (χ0n) is 6.18. The van der Waals surface area contributed by atoms with Crippen LogP contribution in [0.15, 0.2) is 0 Å². The van der Waals surface area contributed by atoms with Gasteiger partial charge in [0.2, 0.25) is 0 Å². The molecule has 1 rings (SSSR count). The summed E-state index contributed by atoms with van der Waals surface area (Å²) in [6.07, 6.45) is 2.30. The predicted octanol–water partition coefficient (Wildman–Crippen LogP) is 0.903. The van der Waals surface area contributed by atoms with Gasteiger partial charge in [0.05, 0.1) is 5.60 Å². The molecule has 2 N–H and O–H groups in total. The van der Waals surface area contributed by atoms with E-state index >= 15 is 0 Å². The van der Waals surface area contributed by atoms with E-state index in [9.17, 15) is 0 Å². The number of hydrogen-bond acceptors (Lipinski definition) is 2. The van der Waals surface area contributed by atoms with Crippen LogP contribution in [-0.4, -0.2) is 18.2 Å². The summed E-state index contributed by atoms with van der Waals surface area (Å²) in [5.41, 5.74) is 5.77. The highest BCUT2D eigenvalue weighted by Crippen LogP contribution is 2.41. The molecule has 0 spiro atoms. The van der Waals surface area contributed by atoms with Crippen molar-refractivity contribution in [3.63, 3.8) is 0 Å². The predicted molar refractivity (Wildman–Crippen MR) is 37.2 cm³/mol. The summed E-state index contributed by atoms with van der Waals surface area (Å²) < 4.78 is 5.48. The van der Waals surface area contributed by atoms with E-state index in [2.05, 4.69) is 0 Å². The maximum Gasteiger partial charge on any atom is 0.0831 e. The molecule has 0 radical (unpaired) electrons. The first-order valence-corrected chi connectivity index (χ1v) is 3.61. The van der Waals surface area contributed by atoms with Crippen LogP contribution in [0.5, 0.6) is 0 Å². The van der Waals surface area contributed by atoms with Crippen LogP contribution >= 0.6 is 0 Å². The van der Waals surface area contributed by atoms with E-state index < -0.39 is 0 Å². The van der Waals surface area contributed by atoms with Crippen LogP contribution in [0.1, 0.15) is 26.7 Å². The Morgan fingerprint density at radius 2 is 2.22 bits per heavy atom. The Balaban J connectivity index is 2.33. The lowest BCUT2D eigenvalue weighted by Gasteiger charge is -2.18. The van der Waals surface area contributed by atoms with Crippen molar-refractivity contribution in [1.29, 1.82) is 0 Å². The minimum atomic E-state index is 0.0781. The van der Waals surface area contributed by atoms with Crippen molar-refractivity contribution in [2.45, 2.75) is 38.3 Å². The second-order valence-corrected chi connectivity index (χ2v) is 2.79. The van der Waals surface area contributed by atoms with Crippen LogP contribution in [-0.2, 0) is 4.74 Å². The molecule has 0 aromatic carbocycles. The number of hydrogen-bond donors (Lipinski definition) is 1. The molecule has 2 heteroatoms. The quantitative estimate of drug-likeness (QED) is 0.614. The number of ether oxygens (including phenoxy) is 1. The first kappa shape index (κ1) is 7.03. The molecule has 1 aliphatic rings. The molecule has 1 aliphatic carbocycles. The van der Waals surface area contributed by atoms with Gasteiger partial charge in [-0.2, -0.15) is 0 Å². The first-order valence-electron chi connectivity index (χ1n) is 3.61. The second-order valence-electron chi connectivity index (χ2n) is 2.79. The topological polar surface area (TPSA) is 35.2 Å². The van der Waals surface area contributed by atoms with Gasteiger partial charge < -0.3 is 10.5 Å². The van der Waals surface area contributed by atoms with Crippen molar-refractivity contribution in [1.82, 2.24) is 0 Å². The van der Waals surface area contributed by atoms with Crippen LogP contribution in [0, 0.1) is 0 Å². The second kappa shape index (κ2) is 2.27. The zero-order valence-corrected chi connectivity index (χ0v) is 6.18. The summed E-state index contributed by atoms with van der Waals surface area (Å²) >= 11 is 0. The van der Waals surface area contributed by atoms with Crippen molar-refractivity contribution in [3.8, 4) is 0 Å². The van der Waals surface area contributed by atoms with E-state index in [0.29, 0.717) is 0 Å². The minimum absolute atomic E-state index is 0.0781. The summed E-state index contributed by atoms with van der Waals surface area (Å²) in [6.45, 7) is 4.83. The summed E-state index contributed by atoms with van der Waals surface area (Å²) in [6, 6.07) is 0.206. The molecular formula is C7H15NO. The molecule has 0 bridgehead atoms. The van der Waals surface area contributed by atoms with Gasteiger partial charge in [0.25, 0.3) is 0 Å². The highest BCUT2D eigenvalue weighted by atomic mass is 16.5. The molecule has 0 amide bonds. The Labute approximate surface area is 56.4 Å². The lowest BCUT2D eigenvalue weighted by atomic mass is 10.2. The average molecular weight is 129 g/mol. The van der Waals surface area contributed by atoms with Gasteiger partial charge in [-0.15, -0.1) is 0 Å². The van der Waals surface area contributed by atoms with Crippen molar-refractivity contribution in [2.24, 2.45) is 5.73 Å². The van der Waals surface area contributed by atoms with Crippen LogP contribution in [0.2, 0.25) is 0 Å². The highest BCUT2D eigenvalue weighted by Gasteiger charge is 2.46. The van der Waals surface area contributed by atoms with Gasteiger partial charge in [-0.3, -0.25) is 0 Å². The fraction of sp³-hybridized carbons (Fsp3) is 1.00. The Kier molecular flexibility index (Phi) is 1.78. The van der Waals surface area contributed by atoms with Crippen LogP contribution < -0.4 is 5.73 Å². The molecule has 0 heterocycles. The third-order valence-corrected chi connectivity index (χ3v) is 2.00. The standard InChI is InChI=1S/C7H15NO/c1-3-9-7(4-5-7)6(2)8/h6H,3-5,8H2,1-2H3. The number of nitrogens with two attached hydrogens (primary N) is 1. The molecule has 1 atom stereocenters. The Bertz CT molecular complexity index is 97.1. The van der Waals surface area contributed by atoms with Crippen LogP contribution in [0.25, 0.3) is 0 Å². The monoisotopic (exact) mass is 129 g/mol. The normalized spacial score (nSPS) is 25.7. The van der Waals surface area contributed by atoms with Crippen molar-refractivity contribution in [3.05, 3.63) is 0 Å². The third-order valence-electron chi connectivity index (χ3n) is 2.00. The SMILES string of the molecule is CCOC1(C(C)N)CC1. The lowest BCUT2D eigenvalue weighted by Crippen LogP contribution is -2.35. The fourth-order valence-corrected chi connectivity index (χ4v) is 1.14. The number of rotatable bonds is 3. The van der Waals surface area contributed by atoms with E-state index in [1.807, 2.05) is 13.8 Å². The third kappa shape index (κ3) is 1.25. The van der Waals surface area contributed by atoms with Gasteiger partial charge in [0.1, 0.15) is 0 Å². The molecule has 54 valence electrons. The van der Waals surface area contributed by atoms with E-state index in [1.54, 1.807) is 0 Å². The average Bonchev–Trinajstić information content (AvgIpc) is 2.49. The molecular weight excluding hydrogens is 114 g/mol. The summed E-state index contributed by atoms with van der Waals surface area (Å²) in [5.74, 6) is 0. The summed E-state index contributed by atoms with van der Waals surface area (Å²) in [5, 5.41) is 0. The Morgan fingerprint density at radius 1 is 1.67 bits per heavy atom. The van der Waals surface area contributed by atoms with Gasteiger partial charge in [0.15, 0.2) is 0 Å². The fourth-order valence-electron chi connectivity index (χ4n) is 1.14. The lowest BCUT2D eigenvalue weighted by molar-refractivity contribution is 0.0268. The minimum Gasteiger partial charge on any atom is -0.374 e. The molecule has 0 saturated heterocycles. The van der Waals surface area contributed by atoms with Crippen LogP contribution in [0.3, 0.4) is 0 Å². The molecule has 1 unspecified atom stereocenters. The van der Waals surface area contributed by atoms with Crippen LogP contribution in [0.4, 0.5) is 0 Å². The first-order chi connectivity index (χ1) is 4.21. The summed E-state index contributed by atoms with van der Waals surface area (Å²) in [4.78, 5) is 0. The van der Waals surface area contributed by atoms with Crippen molar-refractivity contribution < 1.29 is 4.74 Å². The molecule has 0 aliphatic heterocycles. The van der Waals surface area contributed by atoms with Gasteiger partial charge in [-0.1, -0.05) is 0 Å². The molecule has 0 aromatic heterocycles. The molecule has 2 nitrogen and oxygen atoms in total. The Hall–Kier alpha value is -0.0800. The molecule has 1 saturated carbocycles. The van der Waals surface area contributed by atoms with Gasteiger partial charge in [-0.25, -0.2) is 0 Å². The maximum atomic E-state index is 5.69. The van der Waals surface area contributed by atoms with E-state index in [1.165, 1.54) is 0 Å². The van der Waals surface area contributed by atoms with E-state index in [-0.39, 0.29) is 11.6 Å². The smallest absolute Gasteiger partial charge is 0.0831 e. The van der Waals surface area contributed by atoms with Crippen molar-refractivity contribution >= 4 is 0 Å². The zero-order chi connectivity index (χ0) is 6.91. The molecule has 0 aromatic rings. The van der Waals surface area contributed by atoms with Gasteiger partial charge >= 0.3 is 0 Å². The maximum absolute atomic E-state index is 5.69. The Morgan fingerprint density at radius 3 is 2.33 bits per heavy atom. The van der Waals surface area contributed by atoms with E-state index in [4.69, 9.17) is 10.5 Å². The summed E-state index contributed by atoms with van der Waals surface area (Å²) in [7, 11) is 0. The molecule has 1 fully saturated rings. The van der Waals surface area contributed by atoms with E-state index in [0.717, 1.165) is 19.4 Å². The largest absolute Gasteiger partial charge is 0.374 e. The van der Waals surface area contributed by atoms with Gasteiger partial charge in [0, 0.05) is 12.6 Å². The van der Waals surface area contributed by atoms with Gasteiger partial charge in [-0.05, 0) is 26.7 Å².